The predicted octanol–water partition coefficient (Wildman–Crippen LogP) is 3.63. The zero-order chi connectivity index (χ0) is 16.0. The molecule has 0 spiro atoms. The van der Waals surface area contributed by atoms with Gasteiger partial charge < -0.3 is 15.0 Å². The second kappa shape index (κ2) is 8.11. The van der Waals surface area contributed by atoms with Crippen molar-refractivity contribution in [3.63, 3.8) is 0 Å². The molecule has 1 N–H and O–H groups in total. The lowest BCUT2D eigenvalue weighted by Gasteiger charge is -2.20. The van der Waals surface area contributed by atoms with Crippen LogP contribution in [0.2, 0.25) is 0 Å². The number of rotatable bonds is 8. The lowest BCUT2D eigenvalue weighted by molar-refractivity contribution is 0.196. The maximum absolute atomic E-state index is 5.12. The first kappa shape index (κ1) is 18.4. The molecule has 0 atom stereocenters. The molecule has 0 unspecified atom stereocenters. The van der Waals surface area contributed by atoms with Crippen LogP contribution in [0.15, 0.2) is 0 Å². The van der Waals surface area contributed by atoms with Crippen LogP contribution in [0.3, 0.4) is 0 Å². The molecule has 0 saturated carbocycles. The van der Waals surface area contributed by atoms with E-state index >= 15 is 0 Å². The zero-order valence-electron chi connectivity index (χ0n) is 14.6. The Labute approximate surface area is 133 Å². The number of aromatic nitrogens is 1. The molecule has 1 heterocycles. The van der Waals surface area contributed by atoms with Gasteiger partial charge in [-0.2, -0.15) is 0 Å². The van der Waals surface area contributed by atoms with Gasteiger partial charge in [0.2, 0.25) is 0 Å². The molecule has 21 heavy (non-hydrogen) atoms. The van der Waals surface area contributed by atoms with E-state index in [9.17, 15) is 0 Å². The van der Waals surface area contributed by atoms with Crippen molar-refractivity contribution in [3.05, 3.63) is 10.6 Å². The Kier molecular flexibility index (Phi) is 7.10. The van der Waals surface area contributed by atoms with Gasteiger partial charge in [-0.15, -0.1) is 11.3 Å². The Bertz CT molecular complexity index is 424. The van der Waals surface area contributed by atoms with Gasteiger partial charge in [0.05, 0.1) is 5.69 Å². The average Bonchev–Trinajstić information content (AvgIpc) is 2.80. The van der Waals surface area contributed by atoms with Crippen LogP contribution in [0.25, 0.3) is 0 Å². The van der Waals surface area contributed by atoms with Gasteiger partial charge in [-0.3, -0.25) is 0 Å². The minimum Gasteiger partial charge on any atom is -0.385 e. The summed E-state index contributed by atoms with van der Waals surface area (Å²) >= 11 is 1.81. The van der Waals surface area contributed by atoms with E-state index in [1.165, 1.54) is 10.6 Å². The summed E-state index contributed by atoms with van der Waals surface area (Å²) in [5.74, 6) is 0.458. The van der Waals surface area contributed by atoms with Crippen molar-refractivity contribution in [2.45, 2.75) is 59.0 Å². The van der Waals surface area contributed by atoms with Crippen molar-refractivity contribution < 1.29 is 4.74 Å². The van der Waals surface area contributed by atoms with Gasteiger partial charge in [0.25, 0.3) is 0 Å². The summed E-state index contributed by atoms with van der Waals surface area (Å²) in [6.07, 6.45) is 1.03. The molecule has 0 aliphatic rings. The van der Waals surface area contributed by atoms with E-state index < -0.39 is 0 Å². The van der Waals surface area contributed by atoms with Gasteiger partial charge >= 0.3 is 0 Å². The van der Waals surface area contributed by atoms with Crippen LogP contribution in [0.4, 0.5) is 5.13 Å². The first-order valence-electron chi connectivity index (χ1n) is 7.69. The molecule has 5 heteroatoms. The Balaban J connectivity index is 2.78. The molecule has 0 fully saturated rings. The van der Waals surface area contributed by atoms with Crippen molar-refractivity contribution in [1.82, 2.24) is 10.3 Å². The molecular weight excluding hydrogens is 282 g/mol. The number of ether oxygens (including phenoxy) is 1. The maximum atomic E-state index is 5.12. The van der Waals surface area contributed by atoms with E-state index in [0.717, 1.165) is 31.2 Å². The fourth-order valence-corrected chi connectivity index (χ4v) is 3.12. The van der Waals surface area contributed by atoms with Crippen molar-refractivity contribution in [2.75, 3.05) is 32.2 Å². The van der Waals surface area contributed by atoms with E-state index in [-0.39, 0.29) is 5.54 Å². The van der Waals surface area contributed by atoms with Gasteiger partial charge in [-0.1, -0.05) is 13.8 Å². The molecule has 4 nitrogen and oxygen atoms in total. The molecule has 1 aromatic rings. The lowest BCUT2D eigenvalue weighted by Crippen LogP contribution is -2.35. The number of nitrogens with one attached hydrogen (secondary N) is 1. The number of hydrogen-bond acceptors (Lipinski definition) is 5. The van der Waals surface area contributed by atoms with Crippen LogP contribution in [0, 0.1) is 0 Å². The smallest absolute Gasteiger partial charge is 0.185 e. The minimum absolute atomic E-state index is 0.128. The summed E-state index contributed by atoms with van der Waals surface area (Å²) in [6, 6.07) is 0. The summed E-state index contributed by atoms with van der Waals surface area (Å²) in [5.41, 5.74) is 1.35. The Morgan fingerprint density at radius 2 is 2.00 bits per heavy atom. The molecule has 1 rings (SSSR count). The van der Waals surface area contributed by atoms with Crippen LogP contribution in [-0.2, 0) is 11.3 Å². The predicted molar refractivity (Wildman–Crippen MR) is 92.6 cm³/mol. The molecule has 0 aliphatic heterocycles. The molecule has 0 saturated heterocycles. The Morgan fingerprint density at radius 3 is 2.52 bits per heavy atom. The van der Waals surface area contributed by atoms with Crippen molar-refractivity contribution in [1.29, 1.82) is 0 Å². The summed E-state index contributed by atoms with van der Waals surface area (Å²) in [7, 11) is 3.86. The monoisotopic (exact) mass is 313 g/mol. The zero-order valence-corrected chi connectivity index (χ0v) is 15.4. The van der Waals surface area contributed by atoms with Gasteiger partial charge in [-0.05, 0) is 33.1 Å². The largest absolute Gasteiger partial charge is 0.385 e. The standard InChI is InChI=1S/C16H31N3OS/c1-12(2)14-13(11-17-16(3,4)5)21-15(18-14)19(6)9-8-10-20-7/h12,17H,8-11H2,1-7H3. The third-order valence-electron chi connectivity index (χ3n) is 3.21. The van der Waals surface area contributed by atoms with Crippen LogP contribution < -0.4 is 10.2 Å². The highest BCUT2D eigenvalue weighted by Gasteiger charge is 2.18. The van der Waals surface area contributed by atoms with E-state index in [4.69, 9.17) is 9.72 Å². The van der Waals surface area contributed by atoms with Crippen LogP contribution in [0.5, 0.6) is 0 Å². The fourth-order valence-electron chi connectivity index (χ4n) is 1.98. The van der Waals surface area contributed by atoms with Gasteiger partial charge in [-0.25, -0.2) is 4.98 Å². The molecule has 1 aromatic heterocycles. The van der Waals surface area contributed by atoms with Gasteiger partial charge in [0.1, 0.15) is 0 Å². The number of methoxy groups -OCH3 is 1. The van der Waals surface area contributed by atoms with Crippen molar-refractivity contribution in [2.24, 2.45) is 0 Å². The lowest BCUT2D eigenvalue weighted by atomic mass is 10.1. The topological polar surface area (TPSA) is 37.4 Å². The summed E-state index contributed by atoms with van der Waals surface area (Å²) in [5, 5.41) is 4.68. The Hall–Kier alpha value is -0.650. The number of anilines is 1. The van der Waals surface area contributed by atoms with Crippen molar-refractivity contribution in [3.8, 4) is 0 Å². The molecule has 0 aliphatic carbocycles. The van der Waals surface area contributed by atoms with Crippen LogP contribution >= 0.6 is 11.3 Å². The van der Waals surface area contributed by atoms with E-state index in [2.05, 4.69) is 51.9 Å². The third kappa shape index (κ3) is 6.32. The number of thiazole rings is 1. The molecule has 0 amide bonds. The minimum atomic E-state index is 0.128. The van der Waals surface area contributed by atoms with Crippen molar-refractivity contribution >= 4 is 16.5 Å². The van der Waals surface area contributed by atoms with E-state index in [1.54, 1.807) is 18.4 Å². The fraction of sp³-hybridized carbons (Fsp3) is 0.812. The highest BCUT2D eigenvalue weighted by Crippen LogP contribution is 2.30. The summed E-state index contributed by atoms with van der Waals surface area (Å²) in [4.78, 5) is 8.44. The second-order valence-corrected chi connectivity index (χ2v) is 7.89. The number of hydrogen-bond donors (Lipinski definition) is 1. The van der Waals surface area contributed by atoms with E-state index in [0.29, 0.717) is 5.92 Å². The van der Waals surface area contributed by atoms with Gasteiger partial charge in [0, 0.05) is 44.3 Å². The molecule has 0 bridgehead atoms. The van der Waals surface area contributed by atoms with E-state index in [1.807, 2.05) is 0 Å². The quantitative estimate of drug-likeness (QED) is 0.744. The normalized spacial score (nSPS) is 12.2. The van der Waals surface area contributed by atoms with Crippen LogP contribution in [0.1, 0.15) is 57.5 Å². The highest BCUT2D eigenvalue weighted by molar-refractivity contribution is 7.15. The maximum Gasteiger partial charge on any atom is 0.185 e. The number of nitrogens with zero attached hydrogens (tertiary/aromatic N) is 2. The molecular formula is C16H31N3OS. The average molecular weight is 314 g/mol. The highest BCUT2D eigenvalue weighted by atomic mass is 32.1. The first-order valence-corrected chi connectivity index (χ1v) is 8.51. The third-order valence-corrected chi connectivity index (χ3v) is 4.40. The second-order valence-electron chi connectivity index (χ2n) is 6.83. The molecule has 122 valence electrons. The summed E-state index contributed by atoms with van der Waals surface area (Å²) in [6.45, 7) is 13.7. The Morgan fingerprint density at radius 1 is 1.33 bits per heavy atom. The molecule has 0 radical (unpaired) electrons. The van der Waals surface area contributed by atoms with Gasteiger partial charge in [0.15, 0.2) is 5.13 Å². The SMILES string of the molecule is COCCCN(C)c1nc(C(C)C)c(CNC(C)(C)C)s1. The molecule has 0 aromatic carbocycles. The summed E-state index contributed by atoms with van der Waals surface area (Å²) < 4.78 is 5.12. The van der Waals surface area contributed by atoms with Crippen LogP contribution in [-0.4, -0.2) is 37.8 Å². The first-order chi connectivity index (χ1) is 9.74.